The molecule has 2 N–H and O–H groups in total. The van der Waals surface area contributed by atoms with Gasteiger partial charge in [-0.25, -0.2) is 4.98 Å². The van der Waals surface area contributed by atoms with Gasteiger partial charge in [-0.3, -0.25) is 0 Å². The molecule has 2 aromatic heterocycles. The molecule has 0 bridgehead atoms. The zero-order valence-corrected chi connectivity index (χ0v) is 14.6. The predicted octanol–water partition coefficient (Wildman–Crippen LogP) is 3.89. The Morgan fingerprint density at radius 2 is 2.00 bits per heavy atom. The Kier molecular flexibility index (Phi) is 3.70. The first-order valence-electron chi connectivity index (χ1n) is 6.77. The van der Waals surface area contributed by atoms with Gasteiger partial charge in [0.2, 0.25) is 0 Å². The molecule has 0 spiro atoms. The van der Waals surface area contributed by atoms with E-state index < -0.39 is 0 Å². The van der Waals surface area contributed by atoms with Crippen molar-refractivity contribution < 1.29 is 4.42 Å². The van der Waals surface area contributed by atoms with Crippen LogP contribution in [-0.2, 0) is 0 Å². The Bertz CT molecular complexity index is 983. The third-order valence-corrected chi connectivity index (χ3v) is 4.44. The van der Waals surface area contributed by atoms with E-state index in [2.05, 4.69) is 39.7 Å². The van der Waals surface area contributed by atoms with Crippen LogP contribution in [0.5, 0.6) is 0 Å². The average molecular weight is 414 g/mol. The van der Waals surface area contributed by atoms with E-state index in [1.807, 2.05) is 32.1 Å². The molecular weight excluding hydrogens is 403 g/mol. The van der Waals surface area contributed by atoms with Crippen LogP contribution in [0, 0.1) is 33.4 Å². The van der Waals surface area contributed by atoms with Crippen LogP contribution in [0.25, 0.3) is 17.2 Å². The lowest BCUT2D eigenvalue weighted by Gasteiger charge is -2.10. The Hall–Kier alpha value is -2.58. The third-order valence-electron chi connectivity index (χ3n) is 3.86. The minimum atomic E-state index is 0.151. The molecule has 23 heavy (non-hydrogen) atoms. The molecule has 1 aliphatic rings. The monoisotopic (exact) mass is 414 g/mol. The number of nitrogens with two attached hydrogens (primary N) is 1. The van der Waals surface area contributed by atoms with Crippen LogP contribution >= 0.6 is 22.6 Å². The van der Waals surface area contributed by atoms with Crippen molar-refractivity contribution in [3.05, 3.63) is 49.6 Å². The molecule has 0 atom stereocenters. The highest BCUT2D eigenvalue weighted by Gasteiger charge is 2.29. The number of allylic oxidation sites excluding steroid dienone is 3. The number of pyridine rings is 1. The Balaban J connectivity index is 2.34. The Morgan fingerprint density at radius 1 is 1.26 bits per heavy atom. The molecule has 2 heterocycles. The molecule has 0 saturated carbocycles. The molecule has 0 radical (unpaired) electrons. The summed E-state index contributed by atoms with van der Waals surface area (Å²) in [5, 5.41) is 18.8. The zero-order valence-electron chi connectivity index (χ0n) is 12.4. The van der Waals surface area contributed by atoms with Gasteiger partial charge in [0.25, 0.3) is 0 Å². The van der Waals surface area contributed by atoms with E-state index in [9.17, 15) is 10.5 Å². The second-order valence-electron chi connectivity index (χ2n) is 5.14. The van der Waals surface area contributed by atoms with Gasteiger partial charge in [0.1, 0.15) is 23.7 Å². The highest BCUT2D eigenvalue weighted by Crippen LogP contribution is 2.44. The van der Waals surface area contributed by atoms with Gasteiger partial charge >= 0.3 is 0 Å². The Labute approximate surface area is 146 Å². The molecule has 0 aliphatic heterocycles. The van der Waals surface area contributed by atoms with Crippen molar-refractivity contribution in [1.82, 2.24) is 4.98 Å². The number of nitriles is 2. The van der Waals surface area contributed by atoms with Crippen LogP contribution in [0.3, 0.4) is 0 Å². The van der Waals surface area contributed by atoms with Gasteiger partial charge in [0.05, 0.1) is 16.8 Å². The number of nitrogen functional groups attached to an aromatic ring is 1. The van der Waals surface area contributed by atoms with Crippen molar-refractivity contribution in [2.45, 2.75) is 13.8 Å². The lowest BCUT2D eigenvalue weighted by atomic mass is 9.96. The second kappa shape index (κ2) is 5.56. The van der Waals surface area contributed by atoms with Crippen molar-refractivity contribution >= 4 is 45.6 Å². The normalized spacial score (nSPS) is 14.7. The minimum Gasteiger partial charge on any atom is -0.451 e. The van der Waals surface area contributed by atoms with E-state index in [-0.39, 0.29) is 5.82 Å². The summed E-state index contributed by atoms with van der Waals surface area (Å²) in [4.78, 5) is 4.29. The third kappa shape index (κ3) is 2.32. The van der Waals surface area contributed by atoms with Crippen molar-refractivity contribution in [3.8, 4) is 12.1 Å². The van der Waals surface area contributed by atoms with Gasteiger partial charge in [-0.05, 0) is 71.4 Å². The number of hydrogen-bond donors (Lipinski definition) is 1. The highest BCUT2D eigenvalue weighted by atomic mass is 127. The van der Waals surface area contributed by atoms with Crippen LogP contribution in [0.1, 0.15) is 35.1 Å². The molecule has 2 aromatic rings. The number of aromatic nitrogens is 1. The van der Waals surface area contributed by atoms with Gasteiger partial charge in [-0.15, -0.1) is 0 Å². The molecule has 112 valence electrons. The number of rotatable bonds is 1. The minimum absolute atomic E-state index is 0.151. The number of nitrogens with zero attached hydrogens (tertiary/aromatic N) is 3. The average Bonchev–Trinajstić information content (AvgIpc) is 3.02. The first-order chi connectivity index (χ1) is 11.0. The van der Waals surface area contributed by atoms with E-state index in [1.165, 1.54) is 0 Å². The van der Waals surface area contributed by atoms with E-state index in [0.29, 0.717) is 22.6 Å². The van der Waals surface area contributed by atoms with Crippen LogP contribution < -0.4 is 5.73 Å². The standard InChI is InChI=1S/C17H11IN4O/c1-8-11(5-10-3-4-14(18)23-10)15-9(2)13(7-20)17(21)22-16(15)12(8)6-19/h3-5H,1-2H3,(H2,21,22)/b11-5-. The predicted molar refractivity (Wildman–Crippen MR) is 95.6 cm³/mol. The summed E-state index contributed by atoms with van der Waals surface area (Å²) in [6, 6.07) is 8.00. The quantitative estimate of drug-likeness (QED) is 0.714. The van der Waals surface area contributed by atoms with Gasteiger partial charge in [-0.2, -0.15) is 10.5 Å². The maximum Gasteiger partial charge on any atom is 0.164 e. The fourth-order valence-electron chi connectivity index (χ4n) is 2.74. The SMILES string of the molecule is CC1=C(C#N)c2nc(N)c(C#N)c(C)c2/C1=C\c1ccc(I)o1. The molecule has 5 nitrogen and oxygen atoms in total. The first kappa shape index (κ1) is 15.3. The maximum absolute atomic E-state index is 9.47. The largest absolute Gasteiger partial charge is 0.451 e. The lowest BCUT2D eigenvalue weighted by molar-refractivity contribution is 0.528. The van der Waals surface area contributed by atoms with E-state index in [0.717, 1.165) is 26.0 Å². The molecule has 0 unspecified atom stereocenters. The van der Waals surface area contributed by atoms with Gasteiger partial charge in [-0.1, -0.05) is 0 Å². The molecule has 3 rings (SSSR count). The van der Waals surface area contributed by atoms with Crippen LogP contribution in [0.2, 0.25) is 0 Å². The Morgan fingerprint density at radius 3 is 2.57 bits per heavy atom. The second-order valence-corrected chi connectivity index (χ2v) is 6.21. The van der Waals surface area contributed by atoms with Gasteiger partial charge < -0.3 is 10.2 Å². The summed E-state index contributed by atoms with van der Waals surface area (Å²) in [6.07, 6.45) is 1.87. The molecule has 6 heteroatoms. The van der Waals surface area contributed by atoms with Gasteiger partial charge in [0, 0.05) is 5.56 Å². The number of fused-ring (bicyclic) bond motifs is 1. The highest BCUT2D eigenvalue weighted by molar-refractivity contribution is 14.1. The van der Waals surface area contributed by atoms with Crippen molar-refractivity contribution in [2.75, 3.05) is 5.73 Å². The van der Waals surface area contributed by atoms with E-state index in [4.69, 9.17) is 10.2 Å². The van der Waals surface area contributed by atoms with Crippen molar-refractivity contribution in [3.63, 3.8) is 0 Å². The molecule has 1 aliphatic carbocycles. The molecule has 0 amide bonds. The number of halogens is 1. The summed E-state index contributed by atoms with van der Waals surface area (Å²) >= 11 is 2.09. The zero-order chi connectivity index (χ0) is 16.7. The molecule has 0 fully saturated rings. The summed E-state index contributed by atoms with van der Waals surface area (Å²) < 4.78 is 6.37. The van der Waals surface area contributed by atoms with Crippen LogP contribution in [0.4, 0.5) is 5.82 Å². The number of furan rings is 1. The summed E-state index contributed by atoms with van der Waals surface area (Å²) in [5.74, 6) is 0.835. The molecular formula is C17H11IN4O. The van der Waals surface area contributed by atoms with Crippen LogP contribution in [-0.4, -0.2) is 4.98 Å². The van der Waals surface area contributed by atoms with E-state index >= 15 is 0 Å². The van der Waals surface area contributed by atoms with E-state index in [1.54, 1.807) is 0 Å². The smallest absolute Gasteiger partial charge is 0.164 e. The first-order valence-corrected chi connectivity index (χ1v) is 7.85. The summed E-state index contributed by atoms with van der Waals surface area (Å²) in [7, 11) is 0. The van der Waals surface area contributed by atoms with Crippen molar-refractivity contribution in [1.29, 1.82) is 10.5 Å². The van der Waals surface area contributed by atoms with Crippen molar-refractivity contribution in [2.24, 2.45) is 0 Å². The molecule has 0 saturated heterocycles. The van der Waals surface area contributed by atoms with Gasteiger partial charge in [0.15, 0.2) is 3.77 Å². The fourth-order valence-corrected chi connectivity index (χ4v) is 3.18. The lowest BCUT2D eigenvalue weighted by Crippen LogP contribution is -2.03. The summed E-state index contributed by atoms with van der Waals surface area (Å²) in [6.45, 7) is 3.68. The molecule has 0 aromatic carbocycles. The maximum atomic E-state index is 9.47. The number of hydrogen-bond acceptors (Lipinski definition) is 5. The topological polar surface area (TPSA) is 99.6 Å². The van der Waals surface area contributed by atoms with Crippen LogP contribution in [0.15, 0.2) is 22.1 Å². The summed E-state index contributed by atoms with van der Waals surface area (Å²) in [5.41, 5.74) is 10.4. The number of anilines is 1. The fraction of sp³-hybridized carbons (Fsp3) is 0.118.